The molecule has 0 saturated heterocycles. The first kappa shape index (κ1) is 12.4. The summed E-state index contributed by atoms with van der Waals surface area (Å²) >= 11 is 2.31. The van der Waals surface area contributed by atoms with Gasteiger partial charge in [0.1, 0.15) is 12.4 Å². The van der Waals surface area contributed by atoms with E-state index < -0.39 is 0 Å². The van der Waals surface area contributed by atoms with E-state index in [1.165, 1.54) is 14.7 Å². The van der Waals surface area contributed by atoms with Crippen LogP contribution < -0.4 is 4.74 Å². The number of para-hydroxylation sites is 1. The largest absolute Gasteiger partial charge is 0.489 e. The molecule has 0 bridgehead atoms. The summed E-state index contributed by atoms with van der Waals surface area (Å²) < 4.78 is 7.10. The number of hydrogen-bond acceptors (Lipinski definition) is 1. The summed E-state index contributed by atoms with van der Waals surface area (Å²) in [5, 5.41) is 0. The van der Waals surface area contributed by atoms with Crippen molar-refractivity contribution in [3.8, 4) is 5.75 Å². The topological polar surface area (TPSA) is 9.23 Å². The van der Waals surface area contributed by atoms with Gasteiger partial charge in [0.2, 0.25) is 0 Å². The van der Waals surface area contributed by atoms with Gasteiger partial charge < -0.3 is 4.74 Å². The second-order valence-electron chi connectivity index (χ2n) is 3.88. The molecule has 0 radical (unpaired) electrons. The van der Waals surface area contributed by atoms with Crippen LogP contribution in [-0.4, -0.2) is 0 Å². The maximum Gasteiger partial charge on any atom is 0.122 e. The van der Waals surface area contributed by atoms with Crippen LogP contribution in [0, 0.1) is 3.57 Å². The average Bonchev–Trinajstić information content (AvgIpc) is 2.38. The Balaban J connectivity index is 2.04. The van der Waals surface area contributed by atoms with Crippen LogP contribution in [0.25, 0.3) is 0 Å². The molecule has 88 valence electrons. The highest BCUT2D eigenvalue weighted by Crippen LogP contribution is 2.19. The van der Waals surface area contributed by atoms with Crippen LogP contribution in [0.15, 0.2) is 48.5 Å². The van der Waals surface area contributed by atoms with E-state index >= 15 is 0 Å². The highest BCUT2D eigenvalue weighted by molar-refractivity contribution is 14.1. The minimum Gasteiger partial charge on any atom is -0.489 e. The van der Waals surface area contributed by atoms with E-state index in [9.17, 15) is 0 Å². The van der Waals surface area contributed by atoms with E-state index in [0.717, 1.165) is 12.2 Å². The number of benzene rings is 2. The minimum absolute atomic E-state index is 0.633. The molecule has 0 aromatic heterocycles. The molecule has 1 nitrogen and oxygen atoms in total. The fourth-order valence-electron chi connectivity index (χ4n) is 1.68. The zero-order chi connectivity index (χ0) is 12.1. The highest BCUT2D eigenvalue weighted by Gasteiger charge is 2.01. The van der Waals surface area contributed by atoms with Gasteiger partial charge in [-0.3, -0.25) is 0 Å². The maximum atomic E-state index is 5.85. The number of hydrogen-bond donors (Lipinski definition) is 0. The van der Waals surface area contributed by atoms with Crippen LogP contribution in [0.4, 0.5) is 0 Å². The summed E-state index contributed by atoms with van der Waals surface area (Å²) in [5.41, 5.74) is 2.47. The molecule has 17 heavy (non-hydrogen) atoms. The molecule has 0 aliphatic carbocycles. The fraction of sp³-hybridized carbons (Fsp3) is 0.200. The first-order valence-corrected chi connectivity index (χ1v) is 6.82. The van der Waals surface area contributed by atoms with Crippen LogP contribution in [-0.2, 0) is 13.0 Å². The van der Waals surface area contributed by atoms with Gasteiger partial charge >= 0.3 is 0 Å². The summed E-state index contributed by atoms with van der Waals surface area (Å²) in [4.78, 5) is 0. The zero-order valence-electron chi connectivity index (χ0n) is 9.82. The van der Waals surface area contributed by atoms with Crippen LogP contribution in [0.2, 0.25) is 0 Å². The van der Waals surface area contributed by atoms with Gasteiger partial charge in [-0.05, 0) is 58.3 Å². The predicted molar refractivity (Wildman–Crippen MR) is 79.3 cm³/mol. The molecule has 0 fully saturated rings. The van der Waals surface area contributed by atoms with Crippen molar-refractivity contribution in [3.63, 3.8) is 0 Å². The maximum absolute atomic E-state index is 5.85. The van der Waals surface area contributed by atoms with Gasteiger partial charge in [0.05, 0.1) is 0 Å². The van der Waals surface area contributed by atoms with E-state index in [1.54, 1.807) is 0 Å². The Kier molecular flexibility index (Phi) is 4.42. The Hall–Kier alpha value is -1.03. The van der Waals surface area contributed by atoms with Gasteiger partial charge in [-0.1, -0.05) is 37.3 Å². The standard InChI is InChI=1S/C15H15IO/c1-2-13-5-3-4-6-15(13)17-11-12-7-9-14(16)10-8-12/h3-10H,2,11H2,1H3. The first-order chi connectivity index (χ1) is 8.29. The molecule has 0 aliphatic heterocycles. The van der Waals surface area contributed by atoms with Gasteiger partial charge in [-0.15, -0.1) is 0 Å². The lowest BCUT2D eigenvalue weighted by Crippen LogP contribution is -1.97. The monoisotopic (exact) mass is 338 g/mol. The summed E-state index contributed by atoms with van der Waals surface area (Å²) in [6.45, 7) is 2.78. The van der Waals surface area contributed by atoms with E-state index in [-0.39, 0.29) is 0 Å². The molecular formula is C15H15IO. The quantitative estimate of drug-likeness (QED) is 0.750. The molecule has 2 rings (SSSR count). The normalized spacial score (nSPS) is 10.2. The van der Waals surface area contributed by atoms with Crippen molar-refractivity contribution >= 4 is 22.6 Å². The van der Waals surface area contributed by atoms with E-state index in [4.69, 9.17) is 4.74 Å². The Labute approximate surface area is 116 Å². The van der Waals surface area contributed by atoms with Crippen LogP contribution in [0.1, 0.15) is 18.1 Å². The molecule has 0 saturated carbocycles. The van der Waals surface area contributed by atoms with Gasteiger partial charge in [0.15, 0.2) is 0 Å². The Bertz CT molecular complexity index is 477. The van der Waals surface area contributed by atoms with Gasteiger partial charge in [0, 0.05) is 3.57 Å². The molecule has 0 amide bonds. The lowest BCUT2D eigenvalue weighted by atomic mass is 10.1. The van der Waals surface area contributed by atoms with Crippen LogP contribution in [0.3, 0.4) is 0 Å². The second kappa shape index (κ2) is 6.05. The van der Waals surface area contributed by atoms with Gasteiger partial charge in [-0.2, -0.15) is 0 Å². The van der Waals surface area contributed by atoms with Crippen molar-refractivity contribution in [1.29, 1.82) is 0 Å². The van der Waals surface area contributed by atoms with Crippen molar-refractivity contribution in [3.05, 3.63) is 63.2 Å². The van der Waals surface area contributed by atoms with E-state index in [1.807, 2.05) is 12.1 Å². The predicted octanol–water partition coefficient (Wildman–Crippen LogP) is 4.43. The minimum atomic E-state index is 0.633. The highest BCUT2D eigenvalue weighted by atomic mass is 127. The smallest absolute Gasteiger partial charge is 0.122 e. The molecule has 0 spiro atoms. The second-order valence-corrected chi connectivity index (χ2v) is 5.12. The summed E-state index contributed by atoms with van der Waals surface area (Å²) in [6, 6.07) is 16.6. The average molecular weight is 338 g/mol. The third kappa shape index (κ3) is 3.46. The van der Waals surface area contributed by atoms with Crippen LogP contribution in [0.5, 0.6) is 5.75 Å². The number of rotatable bonds is 4. The Morgan fingerprint density at radius 1 is 1.00 bits per heavy atom. The van der Waals surface area contributed by atoms with Crippen molar-refractivity contribution in [2.45, 2.75) is 20.0 Å². The van der Waals surface area contributed by atoms with Crippen molar-refractivity contribution in [2.24, 2.45) is 0 Å². The molecule has 0 N–H and O–H groups in total. The van der Waals surface area contributed by atoms with Crippen LogP contribution >= 0.6 is 22.6 Å². The number of ether oxygens (including phenoxy) is 1. The summed E-state index contributed by atoms with van der Waals surface area (Å²) in [5.74, 6) is 0.994. The molecule has 0 aliphatic rings. The van der Waals surface area contributed by atoms with Crippen molar-refractivity contribution in [2.75, 3.05) is 0 Å². The van der Waals surface area contributed by atoms with E-state index in [2.05, 4.69) is 65.9 Å². The molecule has 0 atom stereocenters. The zero-order valence-corrected chi connectivity index (χ0v) is 12.0. The van der Waals surface area contributed by atoms with Crippen molar-refractivity contribution < 1.29 is 4.74 Å². The molecule has 0 heterocycles. The Morgan fingerprint density at radius 2 is 1.71 bits per heavy atom. The SMILES string of the molecule is CCc1ccccc1OCc1ccc(I)cc1. The fourth-order valence-corrected chi connectivity index (χ4v) is 2.04. The lowest BCUT2D eigenvalue weighted by molar-refractivity contribution is 0.303. The third-order valence-corrected chi connectivity index (χ3v) is 3.38. The molecule has 0 unspecified atom stereocenters. The van der Waals surface area contributed by atoms with Gasteiger partial charge in [-0.25, -0.2) is 0 Å². The molecule has 2 aromatic rings. The van der Waals surface area contributed by atoms with Gasteiger partial charge in [0.25, 0.3) is 0 Å². The lowest BCUT2D eigenvalue weighted by Gasteiger charge is -2.10. The molecule has 2 heteroatoms. The first-order valence-electron chi connectivity index (χ1n) is 5.74. The van der Waals surface area contributed by atoms with Crippen molar-refractivity contribution in [1.82, 2.24) is 0 Å². The molecular weight excluding hydrogens is 323 g/mol. The molecule has 2 aromatic carbocycles. The third-order valence-electron chi connectivity index (χ3n) is 2.66. The summed E-state index contributed by atoms with van der Waals surface area (Å²) in [7, 11) is 0. The number of aryl methyl sites for hydroxylation is 1. The Morgan fingerprint density at radius 3 is 2.41 bits per heavy atom. The summed E-state index contributed by atoms with van der Waals surface area (Å²) in [6.07, 6.45) is 1.00. The van der Waals surface area contributed by atoms with E-state index in [0.29, 0.717) is 6.61 Å². The number of halogens is 1.